The number of hydrogen-bond donors (Lipinski definition) is 2. The van der Waals surface area contributed by atoms with Crippen LogP contribution < -0.4 is 5.32 Å². The van der Waals surface area contributed by atoms with Gasteiger partial charge in [0.05, 0.1) is 22.9 Å². The second-order valence-corrected chi connectivity index (χ2v) is 5.62. The Kier molecular flexibility index (Phi) is 3.79. The van der Waals surface area contributed by atoms with Crippen LogP contribution in [0.5, 0.6) is 0 Å². The molecule has 0 spiro atoms. The Morgan fingerprint density at radius 2 is 2.33 bits per heavy atom. The van der Waals surface area contributed by atoms with E-state index in [1.165, 1.54) is 0 Å². The Labute approximate surface area is 126 Å². The molecule has 0 atom stereocenters. The van der Waals surface area contributed by atoms with Gasteiger partial charge in [-0.2, -0.15) is 0 Å². The Hall–Kier alpha value is -2.47. The minimum absolute atomic E-state index is 0.154. The number of aryl methyl sites for hydroxylation is 1. The molecule has 0 aliphatic carbocycles. The Bertz CT molecular complexity index is 748. The summed E-state index contributed by atoms with van der Waals surface area (Å²) in [6.45, 7) is 2.37. The molecule has 3 rings (SSSR count). The highest BCUT2D eigenvalue weighted by Crippen LogP contribution is 2.22. The molecule has 0 saturated heterocycles. The fourth-order valence-corrected chi connectivity index (χ4v) is 2.56. The molecule has 0 saturated carbocycles. The molecule has 6 heteroatoms. The molecule has 0 bridgehead atoms. The largest absolute Gasteiger partial charge is 0.357 e. The van der Waals surface area contributed by atoms with E-state index in [-0.39, 0.29) is 5.91 Å². The number of hydrogen-bond acceptors (Lipinski definition) is 4. The quantitative estimate of drug-likeness (QED) is 0.778. The van der Waals surface area contributed by atoms with E-state index in [1.807, 2.05) is 36.6 Å². The minimum Gasteiger partial charge on any atom is -0.357 e. The van der Waals surface area contributed by atoms with Gasteiger partial charge in [0.1, 0.15) is 5.69 Å². The van der Waals surface area contributed by atoms with Crippen molar-refractivity contribution in [1.82, 2.24) is 20.3 Å². The number of aromatic amines is 1. The summed E-state index contributed by atoms with van der Waals surface area (Å²) in [6.07, 6.45) is 3.50. The molecule has 0 fully saturated rings. The number of amides is 1. The van der Waals surface area contributed by atoms with Gasteiger partial charge >= 0.3 is 0 Å². The third-order valence-electron chi connectivity index (χ3n) is 3.00. The molecule has 3 aromatic rings. The minimum atomic E-state index is -0.154. The van der Waals surface area contributed by atoms with Crippen molar-refractivity contribution in [2.75, 3.05) is 0 Å². The summed E-state index contributed by atoms with van der Waals surface area (Å²) in [6, 6.07) is 7.42. The molecule has 0 radical (unpaired) electrons. The zero-order chi connectivity index (χ0) is 14.7. The van der Waals surface area contributed by atoms with Gasteiger partial charge in [0.15, 0.2) is 0 Å². The van der Waals surface area contributed by atoms with Crippen molar-refractivity contribution in [2.24, 2.45) is 0 Å². The molecule has 0 aliphatic heterocycles. The second-order valence-electron chi connectivity index (χ2n) is 4.56. The summed E-state index contributed by atoms with van der Waals surface area (Å²) in [5, 5.41) is 5.82. The summed E-state index contributed by atoms with van der Waals surface area (Å²) in [5.41, 5.74) is 3.15. The summed E-state index contributed by atoms with van der Waals surface area (Å²) in [5.74, 6) is -0.154. The van der Waals surface area contributed by atoms with Gasteiger partial charge in [-0.3, -0.25) is 9.78 Å². The van der Waals surface area contributed by atoms with Crippen molar-refractivity contribution in [2.45, 2.75) is 13.5 Å². The van der Waals surface area contributed by atoms with Crippen molar-refractivity contribution >= 4 is 17.2 Å². The lowest BCUT2D eigenvalue weighted by molar-refractivity contribution is 0.0946. The molecule has 0 aliphatic rings. The van der Waals surface area contributed by atoms with Gasteiger partial charge in [-0.05, 0) is 25.1 Å². The summed E-state index contributed by atoms with van der Waals surface area (Å²) >= 11 is 1.59. The number of carbonyl (C=O) groups is 1. The highest BCUT2D eigenvalue weighted by atomic mass is 32.1. The van der Waals surface area contributed by atoms with Crippen LogP contribution in [0.15, 0.2) is 42.0 Å². The predicted molar refractivity (Wildman–Crippen MR) is 82.0 cm³/mol. The molecule has 106 valence electrons. The number of H-pyrrole nitrogens is 1. The lowest BCUT2D eigenvalue weighted by Crippen LogP contribution is -2.23. The summed E-state index contributed by atoms with van der Waals surface area (Å²) < 4.78 is 0. The van der Waals surface area contributed by atoms with Gasteiger partial charge in [-0.1, -0.05) is 6.07 Å². The van der Waals surface area contributed by atoms with Gasteiger partial charge in [-0.15, -0.1) is 11.3 Å². The first-order chi connectivity index (χ1) is 10.2. The smallest absolute Gasteiger partial charge is 0.268 e. The molecule has 2 N–H and O–H groups in total. The van der Waals surface area contributed by atoms with Gasteiger partial charge in [0.2, 0.25) is 0 Å². The van der Waals surface area contributed by atoms with Crippen LogP contribution in [0, 0.1) is 6.92 Å². The maximum Gasteiger partial charge on any atom is 0.268 e. The summed E-state index contributed by atoms with van der Waals surface area (Å²) in [7, 11) is 0. The van der Waals surface area contributed by atoms with Crippen LogP contribution in [0.25, 0.3) is 11.3 Å². The van der Waals surface area contributed by atoms with Crippen LogP contribution in [0.2, 0.25) is 0 Å². The molecular formula is C15H14N4OS. The third-order valence-corrected chi connectivity index (χ3v) is 3.77. The van der Waals surface area contributed by atoms with Crippen LogP contribution in [0.1, 0.15) is 21.2 Å². The highest BCUT2D eigenvalue weighted by molar-refractivity contribution is 7.09. The first kappa shape index (κ1) is 13.5. The van der Waals surface area contributed by atoms with E-state index in [9.17, 15) is 4.79 Å². The van der Waals surface area contributed by atoms with Crippen molar-refractivity contribution in [1.29, 1.82) is 0 Å². The molecule has 0 unspecified atom stereocenters. The number of nitrogens with one attached hydrogen (secondary N) is 2. The third kappa shape index (κ3) is 3.17. The van der Waals surface area contributed by atoms with Gasteiger partial charge < -0.3 is 10.3 Å². The Morgan fingerprint density at radius 3 is 3.05 bits per heavy atom. The van der Waals surface area contributed by atoms with Gasteiger partial charge in [0.25, 0.3) is 5.91 Å². The van der Waals surface area contributed by atoms with E-state index in [2.05, 4.69) is 20.3 Å². The average Bonchev–Trinajstić information content (AvgIpc) is 3.14. The molecule has 5 nitrogen and oxygen atoms in total. The van der Waals surface area contributed by atoms with Crippen LogP contribution in [0.4, 0.5) is 0 Å². The molecular weight excluding hydrogens is 284 g/mol. The van der Waals surface area contributed by atoms with Crippen LogP contribution in [-0.4, -0.2) is 20.9 Å². The summed E-state index contributed by atoms with van der Waals surface area (Å²) in [4.78, 5) is 23.6. The Morgan fingerprint density at radius 1 is 1.43 bits per heavy atom. The topological polar surface area (TPSA) is 70.7 Å². The monoisotopic (exact) mass is 298 g/mol. The van der Waals surface area contributed by atoms with E-state index in [1.54, 1.807) is 23.7 Å². The zero-order valence-electron chi connectivity index (χ0n) is 11.5. The standard InChI is InChI=1S/C15H14N4OS/c1-10-19-14(9-21-10)11-6-13(17-7-11)15(20)18-8-12-4-2-3-5-16-12/h2-7,9,17H,8H2,1H3,(H,18,20). The van der Waals surface area contributed by atoms with Crippen molar-refractivity contribution in [3.05, 3.63) is 58.4 Å². The van der Waals surface area contributed by atoms with Crippen LogP contribution in [-0.2, 0) is 6.54 Å². The highest BCUT2D eigenvalue weighted by Gasteiger charge is 2.11. The van der Waals surface area contributed by atoms with E-state index in [4.69, 9.17) is 0 Å². The molecule has 21 heavy (non-hydrogen) atoms. The van der Waals surface area contributed by atoms with E-state index < -0.39 is 0 Å². The van der Waals surface area contributed by atoms with Crippen molar-refractivity contribution < 1.29 is 4.79 Å². The normalized spacial score (nSPS) is 10.5. The lowest BCUT2D eigenvalue weighted by atomic mass is 10.2. The fraction of sp³-hybridized carbons (Fsp3) is 0.133. The maximum absolute atomic E-state index is 12.1. The van der Waals surface area contributed by atoms with Crippen LogP contribution >= 0.6 is 11.3 Å². The number of thiazole rings is 1. The molecule has 0 aromatic carbocycles. The number of aromatic nitrogens is 3. The number of nitrogens with zero attached hydrogens (tertiary/aromatic N) is 2. The van der Waals surface area contributed by atoms with Gasteiger partial charge in [-0.25, -0.2) is 4.98 Å². The molecule has 3 aromatic heterocycles. The molecule has 1 amide bonds. The van der Waals surface area contributed by atoms with E-state index in [0.717, 1.165) is 22.0 Å². The number of carbonyl (C=O) groups excluding carboxylic acids is 1. The number of pyridine rings is 1. The lowest BCUT2D eigenvalue weighted by Gasteiger charge is -2.02. The first-order valence-electron chi connectivity index (χ1n) is 6.51. The zero-order valence-corrected chi connectivity index (χ0v) is 12.3. The van der Waals surface area contributed by atoms with Gasteiger partial charge in [0, 0.05) is 23.3 Å². The van der Waals surface area contributed by atoms with Crippen molar-refractivity contribution in [3.8, 4) is 11.3 Å². The maximum atomic E-state index is 12.1. The average molecular weight is 298 g/mol. The SMILES string of the molecule is Cc1nc(-c2c[nH]c(C(=O)NCc3ccccn3)c2)cs1. The fourth-order valence-electron chi connectivity index (χ4n) is 1.94. The van der Waals surface area contributed by atoms with E-state index >= 15 is 0 Å². The second kappa shape index (κ2) is 5.88. The first-order valence-corrected chi connectivity index (χ1v) is 7.39. The molecule has 3 heterocycles. The Balaban J connectivity index is 1.67. The van der Waals surface area contributed by atoms with Crippen molar-refractivity contribution in [3.63, 3.8) is 0 Å². The number of rotatable bonds is 4. The van der Waals surface area contributed by atoms with E-state index in [0.29, 0.717) is 12.2 Å². The predicted octanol–water partition coefficient (Wildman–Crippen LogP) is 2.77. The van der Waals surface area contributed by atoms with Crippen LogP contribution in [0.3, 0.4) is 0 Å².